The zero-order valence-corrected chi connectivity index (χ0v) is 8.38. The van der Waals surface area contributed by atoms with E-state index >= 15 is 0 Å². The van der Waals surface area contributed by atoms with E-state index in [0.717, 1.165) is 18.1 Å². The fourth-order valence-corrected chi connectivity index (χ4v) is 1.39. The van der Waals surface area contributed by atoms with Crippen LogP contribution in [-0.2, 0) is 4.74 Å². The van der Waals surface area contributed by atoms with E-state index in [-0.39, 0.29) is 6.04 Å². The first kappa shape index (κ1) is 10.4. The van der Waals surface area contributed by atoms with Crippen molar-refractivity contribution in [3.05, 3.63) is 5.51 Å². The van der Waals surface area contributed by atoms with Gasteiger partial charge in [-0.3, -0.25) is 0 Å². The Balaban J connectivity index is 2.07. The predicted molar refractivity (Wildman–Crippen MR) is 52.9 cm³/mol. The average Bonchev–Trinajstić information content (AvgIpc) is 2.57. The number of rotatable bonds is 6. The van der Waals surface area contributed by atoms with E-state index in [2.05, 4.69) is 15.5 Å². The Morgan fingerprint density at radius 3 is 3.23 bits per heavy atom. The summed E-state index contributed by atoms with van der Waals surface area (Å²) in [6.07, 6.45) is 0.868. The van der Waals surface area contributed by atoms with Gasteiger partial charge in [0.2, 0.25) is 5.13 Å². The van der Waals surface area contributed by atoms with Crippen LogP contribution in [0.15, 0.2) is 5.51 Å². The monoisotopic (exact) mass is 202 g/mol. The third-order valence-electron chi connectivity index (χ3n) is 1.53. The van der Waals surface area contributed by atoms with Gasteiger partial charge >= 0.3 is 0 Å². The van der Waals surface area contributed by atoms with Crippen LogP contribution in [0, 0.1) is 0 Å². The Bertz CT molecular complexity index is 216. The Kier molecular flexibility index (Phi) is 4.66. The van der Waals surface area contributed by atoms with Gasteiger partial charge in [0.25, 0.3) is 0 Å². The average molecular weight is 202 g/mol. The molecule has 1 heterocycles. The molecule has 1 aromatic rings. The molecule has 1 atom stereocenters. The molecule has 0 radical (unpaired) electrons. The van der Waals surface area contributed by atoms with Gasteiger partial charge in [0, 0.05) is 19.7 Å². The molecule has 1 unspecified atom stereocenters. The Morgan fingerprint density at radius 1 is 1.77 bits per heavy atom. The topological polar surface area (TPSA) is 73.1 Å². The minimum atomic E-state index is 0.0884. The molecule has 0 saturated carbocycles. The van der Waals surface area contributed by atoms with E-state index in [1.54, 1.807) is 12.6 Å². The van der Waals surface area contributed by atoms with Crippen molar-refractivity contribution in [1.29, 1.82) is 0 Å². The first-order valence-corrected chi connectivity index (χ1v) is 4.95. The minimum absolute atomic E-state index is 0.0884. The Morgan fingerprint density at radius 2 is 2.62 bits per heavy atom. The number of nitrogens with zero attached hydrogens (tertiary/aromatic N) is 2. The second-order valence-electron chi connectivity index (χ2n) is 2.67. The molecule has 74 valence electrons. The minimum Gasteiger partial charge on any atom is -0.383 e. The normalized spacial score (nSPS) is 12.8. The molecule has 5 nitrogen and oxygen atoms in total. The highest BCUT2D eigenvalue weighted by Gasteiger charge is 2.01. The van der Waals surface area contributed by atoms with E-state index in [0.29, 0.717) is 6.61 Å². The van der Waals surface area contributed by atoms with E-state index in [1.165, 1.54) is 11.3 Å². The van der Waals surface area contributed by atoms with Gasteiger partial charge in [0.1, 0.15) is 5.51 Å². The molecule has 0 aromatic carbocycles. The molecule has 1 aromatic heterocycles. The highest BCUT2D eigenvalue weighted by atomic mass is 32.1. The van der Waals surface area contributed by atoms with Crippen molar-refractivity contribution in [1.82, 2.24) is 10.2 Å². The van der Waals surface area contributed by atoms with Gasteiger partial charge < -0.3 is 15.8 Å². The van der Waals surface area contributed by atoms with Gasteiger partial charge in [0.05, 0.1) is 6.61 Å². The van der Waals surface area contributed by atoms with Gasteiger partial charge in [-0.1, -0.05) is 11.3 Å². The highest BCUT2D eigenvalue weighted by Crippen LogP contribution is 2.07. The summed E-state index contributed by atoms with van der Waals surface area (Å²) in [7, 11) is 1.65. The SMILES string of the molecule is COCC(N)CCNc1nncs1. The van der Waals surface area contributed by atoms with E-state index < -0.39 is 0 Å². The van der Waals surface area contributed by atoms with Gasteiger partial charge in [-0.25, -0.2) is 0 Å². The van der Waals surface area contributed by atoms with Crippen molar-refractivity contribution in [2.75, 3.05) is 25.6 Å². The molecular weight excluding hydrogens is 188 g/mol. The standard InChI is InChI=1S/C7H14N4OS/c1-12-4-6(8)2-3-9-7-11-10-5-13-7/h5-6H,2-4,8H2,1H3,(H,9,11). The Hall–Kier alpha value is -0.720. The van der Waals surface area contributed by atoms with Crippen LogP contribution in [0.5, 0.6) is 0 Å². The molecule has 0 aliphatic heterocycles. The van der Waals surface area contributed by atoms with Crippen molar-refractivity contribution in [2.24, 2.45) is 5.73 Å². The number of hydrogen-bond donors (Lipinski definition) is 2. The zero-order chi connectivity index (χ0) is 9.52. The number of anilines is 1. The lowest BCUT2D eigenvalue weighted by Gasteiger charge is -2.09. The van der Waals surface area contributed by atoms with Gasteiger partial charge in [-0.15, -0.1) is 10.2 Å². The second-order valence-corrected chi connectivity index (χ2v) is 3.51. The van der Waals surface area contributed by atoms with Crippen molar-refractivity contribution in [3.63, 3.8) is 0 Å². The molecule has 1 rings (SSSR count). The lowest BCUT2D eigenvalue weighted by molar-refractivity contribution is 0.178. The summed E-state index contributed by atoms with van der Waals surface area (Å²) in [4.78, 5) is 0. The van der Waals surface area contributed by atoms with Gasteiger partial charge in [0.15, 0.2) is 0 Å². The van der Waals surface area contributed by atoms with Crippen molar-refractivity contribution >= 4 is 16.5 Å². The predicted octanol–water partition coefficient (Wildman–Crippen LogP) is 0.314. The van der Waals surface area contributed by atoms with Crippen LogP contribution in [0.4, 0.5) is 5.13 Å². The van der Waals surface area contributed by atoms with Gasteiger partial charge in [-0.2, -0.15) is 0 Å². The summed E-state index contributed by atoms with van der Waals surface area (Å²) >= 11 is 1.48. The van der Waals surface area contributed by atoms with E-state index in [9.17, 15) is 0 Å². The molecular formula is C7H14N4OS. The maximum Gasteiger partial charge on any atom is 0.205 e. The molecule has 0 saturated heterocycles. The maximum absolute atomic E-state index is 5.73. The zero-order valence-electron chi connectivity index (χ0n) is 7.56. The number of nitrogens with one attached hydrogen (secondary N) is 1. The smallest absolute Gasteiger partial charge is 0.205 e. The summed E-state index contributed by atoms with van der Waals surface area (Å²) < 4.78 is 4.91. The molecule has 13 heavy (non-hydrogen) atoms. The van der Waals surface area contributed by atoms with Crippen molar-refractivity contribution in [2.45, 2.75) is 12.5 Å². The lowest BCUT2D eigenvalue weighted by atomic mass is 10.2. The number of methoxy groups -OCH3 is 1. The molecule has 0 bridgehead atoms. The molecule has 0 fully saturated rings. The lowest BCUT2D eigenvalue weighted by Crippen LogP contribution is -2.28. The Labute approximate surface area is 81.3 Å². The van der Waals surface area contributed by atoms with Gasteiger partial charge in [-0.05, 0) is 6.42 Å². The quantitative estimate of drug-likeness (QED) is 0.694. The maximum atomic E-state index is 5.73. The fourth-order valence-electron chi connectivity index (χ4n) is 0.912. The first-order valence-electron chi connectivity index (χ1n) is 4.07. The number of aromatic nitrogens is 2. The summed E-state index contributed by atoms with van der Waals surface area (Å²) in [5, 5.41) is 11.5. The van der Waals surface area contributed by atoms with Crippen LogP contribution in [0.1, 0.15) is 6.42 Å². The van der Waals surface area contributed by atoms with Crippen LogP contribution in [0.3, 0.4) is 0 Å². The van der Waals surface area contributed by atoms with Crippen LogP contribution < -0.4 is 11.1 Å². The molecule has 0 spiro atoms. The van der Waals surface area contributed by atoms with Crippen molar-refractivity contribution in [3.8, 4) is 0 Å². The summed E-state index contributed by atoms with van der Waals surface area (Å²) in [5.41, 5.74) is 7.42. The molecule has 6 heteroatoms. The number of nitrogens with two attached hydrogens (primary N) is 1. The van der Waals surface area contributed by atoms with Crippen LogP contribution in [-0.4, -0.2) is 36.5 Å². The third-order valence-corrected chi connectivity index (χ3v) is 2.18. The van der Waals surface area contributed by atoms with Crippen LogP contribution in [0.25, 0.3) is 0 Å². The number of ether oxygens (including phenoxy) is 1. The third kappa shape index (κ3) is 4.16. The first-order chi connectivity index (χ1) is 6.33. The largest absolute Gasteiger partial charge is 0.383 e. The summed E-state index contributed by atoms with van der Waals surface area (Å²) in [6, 6.07) is 0.0884. The number of hydrogen-bond acceptors (Lipinski definition) is 6. The van der Waals surface area contributed by atoms with E-state index in [4.69, 9.17) is 10.5 Å². The fraction of sp³-hybridized carbons (Fsp3) is 0.714. The second kappa shape index (κ2) is 5.85. The molecule has 0 amide bonds. The van der Waals surface area contributed by atoms with E-state index in [1.807, 2.05) is 0 Å². The molecule has 0 aliphatic carbocycles. The summed E-state index contributed by atoms with van der Waals surface area (Å²) in [5.74, 6) is 0. The molecule has 0 aliphatic rings. The molecule has 3 N–H and O–H groups in total. The van der Waals surface area contributed by atoms with Crippen molar-refractivity contribution < 1.29 is 4.74 Å². The van der Waals surface area contributed by atoms with Crippen LogP contribution in [0.2, 0.25) is 0 Å². The highest BCUT2D eigenvalue weighted by molar-refractivity contribution is 7.13. The van der Waals surface area contributed by atoms with Crippen LogP contribution >= 0.6 is 11.3 Å². The summed E-state index contributed by atoms with van der Waals surface area (Å²) in [6.45, 7) is 1.40.